The van der Waals surface area contributed by atoms with Crippen molar-refractivity contribution in [2.75, 3.05) is 0 Å². The largest absolute Gasteiger partial charge is 0.380 e. The average molecular weight is 745 g/mol. The van der Waals surface area contributed by atoms with Crippen molar-refractivity contribution in [3.63, 3.8) is 0 Å². The number of hydrogen-bond acceptors (Lipinski definition) is 6. The first-order valence-corrected chi connectivity index (χ1v) is 18.9. The van der Waals surface area contributed by atoms with Crippen LogP contribution in [0.15, 0.2) is 83.0 Å². The monoisotopic (exact) mass is 744 g/mol. The Bertz CT molecular complexity index is 1750. The maximum Gasteiger partial charge on any atom is 0.380 e. The standard InChI is InChI=1S/C39H34F6O4S2/c40-35(41)33-29-19-31(25-15-11-23(21-46)12-16-25)50-37(29,48-27-7-3-1-4-8-27)38(49-28-9-5-2-6-10-28)30(34(33)36(42,43)39(35,44)45)20-32(51-38)26-17-13-24(22-47)14-18-26/h11-22,27-28H,1-10H2. The first-order valence-electron chi connectivity index (χ1n) is 17.3. The van der Waals surface area contributed by atoms with Gasteiger partial charge in [0.2, 0.25) is 0 Å². The number of allylic oxidation sites excluding steroid dienone is 2. The Labute approximate surface area is 299 Å². The van der Waals surface area contributed by atoms with Gasteiger partial charge in [-0.2, -0.15) is 26.3 Å². The van der Waals surface area contributed by atoms with Crippen molar-refractivity contribution in [3.05, 3.63) is 105 Å². The Hall–Kier alpha value is -3.06. The van der Waals surface area contributed by atoms with Crippen LogP contribution in [0, 0.1) is 0 Å². The van der Waals surface area contributed by atoms with E-state index in [-0.39, 0.29) is 0 Å². The lowest BCUT2D eigenvalue weighted by molar-refractivity contribution is -0.258. The lowest BCUT2D eigenvalue weighted by Gasteiger charge is -2.52. The minimum absolute atomic E-state index is 0.344. The molecule has 8 rings (SSSR count). The van der Waals surface area contributed by atoms with Crippen molar-refractivity contribution < 1.29 is 45.4 Å². The number of ether oxygens (including phenoxy) is 2. The number of aldehydes is 2. The fourth-order valence-electron chi connectivity index (χ4n) is 8.23. The summed E-state index contributed by atoms with van der Waals surface area (Å²) in [5.41, 5.74) is -2.04. The summed E-state index contributed by atoms with van der Waals surface area (Å²) in [7, 11) is 0. The van der Waals surface area contributed by atoms with Crippen LogP contribution >= 0.6 is 23.5 Å². The van der Waals surface area contributed by atoms with E-state index in [4.69, 9.17) is 9.47 Å². The molecule has 6 aliphatic rings. The van der Waals surface area contributed by atoms with Gasteiger partial charge in [-0.15, -0.1) is 0 Å². The van der Waals surface area contributed by atoms with E-state index in [1.807, 2.05) is 0 Å². The van der Waals surface area contributed by atoms with Crippen molar-refractivity contribution in [3.8, 4) is 0 Å². The first-order chi connectivity index (χ1) is 24.4. The maximum atomic E-state index is 16.4. The van der Waals surface area contributed by atoms with Crippen molar-refractivity contribution in [1.82, 2.24) is 0 Å². The zero-order valence-corrected chi connectivity index (χ0v) is 29.0. The van der Waals surface area contributed by atoms with E-state index in [1.165, 1.54) is 12.2 Å². The summed E-state index contributed by atoms with van der Waals surface area (Å²) in [5.74, 6) is -16.3. The normalized spacial score (nSPS) is 29.7. The minimum atomic E-state index is -5.75. The molecule has 2 atom stereocenters. The highest BCUT2D eigenvalue weighted by Crippen LogP contribution is 2.76. The predicted molar refractivity (Wildman–Crippen MR) is 185 cm³/mol. The minimum Gasteiger partial charge on any atom is -0.352 e. The van der Waals surface area contributed by atoms with E-state index in [9.17, 15) is 9.59 Å². The number of fused-ring (bicyclic) bond motifs is 4. The molecule has 12 heteroatoms. The third-order valence-corrected chi connectivity index (χ3v) is 13.9. The molecule has 0 saturated heterocycles. The summed E-state index contributed by atoms with van der Waals surface area (Å²) in [6.07, 6.45) is 10.2. The number of benzene rings is 2. The van der Waals surface area contributed by atoms with Gasteiger partial charge in [-0.25, -0.2) is 0 Å². The van der Waals surface area contributed by atoms with Gasteiger partial charge in [-0.1, -0.05) is 111 Å². The lowest BCUT2D eigenvalue weighted by atomic mass is 9.79. The summed E-state index contributed by atoms with van der Waals surface area (Å²) in [4.78, 5) is 19.6. The fraction of sp³-hybridized carbons (Fsp3) is 0.436. The van der Waals surface area contributed by atoms with Crippen LogP contribution in [0.1, 0.15) is 96.1 Å². The Morgan fingerprint density at radius 2 is 0.902 bits per heavy atom. The number of carbonyl (C=O) groups excluding carboxylic acids is 2. The summed E-state index contributed by atoms with van der Waals surface area (Å²) < 4.78 is 111. The topological polar surface area (TPSA) is 52.6 Å². The summed E-state index contributed by atoms with van der Waals surface area (Å²) in [6, 6.07) is 12.6. The van der Waals surface area contributed by atoms with Gasteiger partial charge in [-0.3, -0.25) is 9.59 Å². The smallest absolute Gasteiger partial charge is 0.352 e. The van der Waals surface area contributed by atoms with E-state index < -0.39 is 62.1 Å². The molecule has 4 nitrogen and oxygen atoms in total. The Morgan fingerprint density at radius 1 is 0.549 bits per heavy atom. The molecular weight excluding hydrogens is 711 g/mol. The van der Waals surface area contributed by atoms with Crippen molar-refractivity contribution in [2.24, 2.45) is 0 Å². The van der Waals surface area contributed by atoms with E-state index >= 15 is 26.3 Å². The van der Waals surface area contributed by atoms with Gasteiger partial charge in [-0.05, 0) is 49.0 Å². The third-order valence-electron chi connectivity index (χ3n) is 10.8. The molecule has 0 amide bonds. The summed E-state index contributed by atoms with van der Waals surface area (Å²) in [6.45, 7) is 0. The maximum absolute atomic E-state index is 16.4. The van der Waals surface area contributed by atoms with Crippen LogP contribution in [0.2, 0.25) is 0 Å². The highest BCUT2D eigenvalue weighted by atomic mass is 32.2. The average Bonchev–Trinajstić information content (AvgIpc) is 3.74. The van der Waals surface area contributed by atoms with Crippen LogP contribution in [0.5, 0.6) is 0 Å². The molecule has 2 aliphatic heterocycles. The van der Waals surface area contributed by atoms with E-state index in [2.05, 4.69) is 0 Å². The molecule has 268 valence electrons. The van der Waals surface area contributed by atoms with E-state index in [0.717, 1.165) is 62.0 Å². The molecule has 0 aromatic heterocycles. The van der Waals surface area contributed by atoms with Gasteiger partial charge in [0.25, 0.3) is 0 Å². The highest BCUT2D eigenvalue weighted by molar-refractivity contribution is 8.14. The second-order valence-electron chi connectivity index (χ2n) is 14.0. The molecule has 0 bridgehead atoms. The van der Waals surface area contributed by atoms with Gasteiger partial charge in [0.15, 0.2) is 9.87 Å². The molecule has 51 heavy (non-hydrogen) atoms. The second kappa shape index (κ2) is 12.5. The van der Waals surface area contributed by atoms with Crippen molar-refractivity contribution in [2.45, 2.75) is 104 Å². The zero-order valence-electron chi connectivity index (χ0n) is 27.4. The van der Waals surface area contributed by atoms with Gasteiger partial charge < -0.3 is 9.47 Å². The number of halogens is 6. The number of carbonyl (C=O) groups is 2. The van der Waals surface area contributed by atoms with E-state index in [1.54, 1.807) is 48.5 Å². The summed E-state index contributed by atoms with van der Waals surface area (Å²) in [5, 5.41) is 0. The Balaban J connectivity index is 1.43. The zero-order chi connectivity index (χ0) is 35.8. The highest BCUT2D eigenvalue weighted by Gasteiger charge is 2.85. The molecule has 3 fully saturated rings. The number of thioether (sulfide) groups is 2. The summed E-state index contributed by atoms with van der Waals surface area (Å²) >= 11 is 2.06. The second-order valence-corrected chi connectivity index (χ2v) is 16.4. The molecular formula is C39H34F6O4S2. The van der Waals surface area contributed by atoms with Crippen LogP contribution in [-0.2, 0) is 9.47 Å². The molecule has 3 saturated carbocycles. The number of rotatable bonds is 8. The number of alkyl halides is 6. The quantitative estimate of drug-likeness (QED) is 0.198. The number of hydrogen-bond donors (Lipinski definition) is 0. The molecule has 0 N–H and O–H groups in total. The molecule has 4 aliphatic carbocycles. The van der Waals surface area contributed by atoms with Gasteiger partial charge in [0.1, 0.15) is 12.6 Å². The van der Waals surface area contributed by atoms with Crippen LogP contribution in [0.4, 0.5) is 26.3 Å². The van der Waals surface area contributed by atoms with E-state index in [0.29, 0.717) is 70.3 Å². The first kappa shape index (κ1) is 35.0. The van der Waals surface area contributed by atoms with Crippen LogP contribution in [0.3, 0.4) is 0 Å². The van der Waals surface area contributed by atoms with Gasteiger partial charge in [0, 0.05) is 43.2 Å². The third kappa shape index (κ3) is 5.13. The molecule has 0 radical (unpaired) electrons. The van der Waals surface area contributed by atoms with Crippen LogP contribution in [0.25, 0.3) is 9.81 Å². The predicted octanol–water partition coefficient (Wildman–Crippen LogP) is 10.8. The van der Waals surface area contributed by atoms with Crippen LogP contribution in [-0.4, -0.2) is 52.4 Å². The molecule has 2 unspecified atom stereocenters. The van der Waals surface area contributed by atoms with Crippen molar-refractivity contribution in [1.29, 1.82) is 0 Å². The van der Waals surface area contributed by atoms with Gasteiger partial charge >= 0.3 is 17.8 Å². The molecule has 2 heterocycles. The van der Waals surface area contributed by atoms with Crippen molar-refractivity contribution >= 4 is 45.9 Å². The fourth-order valence-corrected chi connectivity index (χ4v) is 11.5. The SMILES string of the molecule is O=Cc1ccc(C2=CC3=C4C(=C5C=C(c6ccc(C=O)cc6)SC5(OC5CCCCC5)C3(OC3CCCCC3)S2)C(F)(F)C(F)(F)C4(F)F)cc1. The Morgan fingerprint density at radius 3 is 1.24 bits per heavy atom. The lowest BCUT2D eigenvalue weighted by Crippen LogP contribution is -2.59. The Kier molecular flexibility index (Phi) is 8.59. The molecule has 2 aromatic rings. The molecule has 0 spiro atoms. The van der Waals surface area contributed by atoms with Crippen LogP contribution < -0.4 is 0 Å². The van der Waals surface area contributed by atoms with Gasteiger partial charge in [0.05, 0.1) is 12.2 Å². The molecule has 2 aromatic carbocycles.